The maximum absolute atomic E-state index is 9.87. The number of hydrogen-bond acceptors (Lipinski definition) is 3. The fourth-order valence-corrected chi connectivity index (χ4v) is 3.01. The maximum Gasteiger partial charge on any atom is 0.129 e. The molecule has 1 unspecified atom stereocenters. The molecule has 0 aromatic heterocycles. The van der Waals surface area contributed by atoms with Crippen LogP contribution in [0.5, 0.6) is 11.5 Å². The van der Waals surface area contributed by atoms with Crippen molar-refractivity contribution >= 4 is 5.69 Å². The van der Waals surface area contributed by atoms with Gasteiger partial charge in [0.1, 0.15) is 11.5 Å². The van der Waals surface area contributed by atoms with Crippen molar-refractivity contribution in [2.45, 2.75) is 25.9 Å². The molecule has 0 saturated carbocycles. The second-order valence-corrected chi connectivity index (χ2v) is 6.27. The highest BCUT2D eigenvalue weighted by Crippen LogP contribution is 2.28. The Balaban J connectivity index is 1.87. The summed E-state index contributed by atoms with van der Waals surface area (Å²) in [7, 11) is 0. The summed E-state index contributed by atoms with van der Waals surface area (Å²) in [4.78, 5) is 2.24. The monoisotopic (exact) mass is 347 g/mol. The highest BCUT2D eigenvalue weighted by Gasteiger charge is 2.17. The van der Waals surface area contributed by atoms with Gasteiger partial charge >= 0.3 is 0 Å². The van der Waals surface area contributed by atoms with E-state index in [4.69, 9.17) is 4.74 Å². The molecule has 0 heterocycles. The fourth-order valence-electron chi connectivity index (χ4n) is 3.01. The lowest BCUT2D eigenvalue weighted by Gasteiger charge is -2.32. The molecule has 0 fully saturated rings. The van der Waals surface area contributed by atoms with Gasteiger partial charge in [-0.3, -0.25) is 0 Å². The quantitative estimate of drug-likeness (QED) is 0.603. The van der Waals surface area contributed by atoms with Crippen LogP contribution in [0, 0.1) is 0 Å². The van der Waals surface area contributed by atoms with Crippen molar-refractivity contribution in [2.75, 3.05) is 11.5 Å². The molecule has 3 rings (SSSR count). The van der Waals surface area contributed by atoms with E-state index in [2.05, 4.69) is 30.0 Å². The topological polar surface area (TPSA) is 32.7 Å². The van der Waals surface area contributed by atoms with Gasteiger partial charge in [-0.25, -0.2) is 0 Å². The first-order valence-corrected chi connectivity index (χ1v) is 9.04. The Morgan fingerprint density at radius 1 is 0.846 bits per heavy atom. The SMILES string of the molecule is CCC(CO)N(Cc1ccccc1)c1cccc(Oc2ccccc2)c1. The predicted octanol–water partition coefficient (Wildman–Crippen LogP) is 5.26. The standard InChI is InChI=1S/C23H25NO2/c1-2-20(18-25)24(17-19-10-5-3-6-11-19)21-12-9-15-23(16-21)26-22-13-7-4-8-14-22/h3-16,20,25H,2,17-18H2,1H3. The van der Waals surface area contributed by atoms with E-state index in [-0.39, 0.29) is 12.6 Å². The zero-order valence-corrected chi connectivity index (χ0v) is 15.1. The molecule has 0 spiro atoms. The lowest BCUT2D eigenvalue weighted by atomic mass is 10.1. The largest absolute Gasteiger partial charge is 0.457 e. The first kappa shape index (κ1) is 18.0. The summed E-state index contributed by atoms with van der Waals surface area (Å²) in [6.07, 6.45) is 0.868. The molecule has 0 bridgehead atoms. The summed E-state index contributed by atoms with van der Waals surface area (Å²) < 4.78 is 5.98. The van der Waals surface area contributed by atoms with Crippen LogP contribution in [0.3, 0.4) is 0 Å². The summed E-state index contributed by atoms with van der Waals surface area (Å²) >= 11 is 0. The van der Waals surface area contributed by atoms with Gasteiger partial charge in [-0.15, -0.1) is 0 Å². The van der Waals surface area contributed by atoms with Crippen molar-refractivity contribution in [2.24, 2.45) is 0 Å². The van der Waals surface area contributed by atoms with Crippen molar-refractivity contribution in [3.8, 4) is 11.5 Å². The normalized spacial score (nSPS) is 11.8. The third kappa shape index (κ3) is 4.64. The van der Waals surface area contributed by atoms with Gasteiger partial charge < -0.3 is 14.7 Å². The molecule has 0 radical (unpaired) electrons. The first-order chi connectivity index (χ1) is 12.8. The lowest BCUT2D eigenvalue weighted by Crippen LogP contribution is -2.37. The van der Waals surface area contributed by atoms with Crippen molar-refractivity contribution < 1.29 is 9.84 Å². The molecule has 134 valence electrons. The molecule has 3 nitrogen and oxygen atoms in total. The van der Waals surface area contributed by atoms with Crippen LogP contribution in [0.15, 0.2) is 84.9 Å². The summed E-state index contributed by atoms with van der Waals surface area (Å²) in [6.45, 7) is 2.96. The molecule has 0 saturated heterocycles. The summed E-state index contributed by atoms with van der Waals surface area (Å²) in [5.41, 5.74) is 2.26. The number of aliphatic hydroxyl groups is 1. The number of hydrogen-bond donors (Lipinski definition) is 1. The van der Waals surface area contributed by atoms with Gasteiger partial charge in [0.2, 0.25) is 0 Å². The second-order valence-electron chi connectivity index (χ2n) is 6.27. The summed E-state index contributed by atoms with van der Waals surface area (Å²) in [6, 6.07) is 28.2. The van der Waals surface area contributed by atoms with Crippen molar-refractivity contribution in [1.82, 2.24) is 0 Å². The number of anilines is 1. The van der Waals surface area contributed by atoms with E-state index in [1.54, 1.807) is 0 Å². The first-order valence-electron chi connectivity index (χ1n) is 9.04. The van der Waals surface area contributed by atoms with E-state index < -0.39 is 0 Å². The predicted molar refractivity (Wildman–Crippen MR) is 107 cm³/mol. The maximum atomic E-state index is 9.87. The Hall–Kier alpha value is -2.78. The molecular weight excluding hydrogens is 322 g/mol. The number of aliphatic hydroxyl groups excluding tert-OH is 1. The molecule has 3 heteroatoms. The van der Waals surface area contributed by atoms with Gasteiger partial charge in [0.25, 0.3) is 0 Å². The Kier molecular flexibility index (Phi) is 6.29. The molecule has 0 amide bonds. The molecule has 0 aliphatic carbocycles. The lowest BCUT2D eigenvalue weighted by molar-refractivity contribution is 0.255. The van der Waals surface area contributed by atoms with Gasteiger partial charge in [0.05, 0.1) is 12.6 Å². The van der Waals surface area contributed by atoms with Crippen LogP contribution in [-0.2, 0) is 6.54 Å². The van der Waals surface area contributed by atoms with Crippen LogP contribution < -0.4 is 9.64 Å². The van der Waals surface area contributed by atoms with Crippen LogP contribution >= 0.6 is 0 Å². The number of ether oxygens (including phenoxy) is 1. The van der Waals surface area contributed by atoms with Crippen LogP contribution in [0.2, 0.25) is 0 Å². The van der Waals surface area contributed by atoms with Crippen molar-refractivity contribution in [3.05, 3.63) is 90.5 Å². The number of nitrogens with zero attached hydrogens (tertiary/aromatic N) is 1. The minimum absolute atomic E-state index is 0.0576. The Bertz CT molecular complexity index is 786. The third-order valence-electron chi connectivity index (χ3n) is 4.45. The molecule has 1 N–H and O–H groups in total. The highest BCUT2D eigenvalue weighted by atomic mass is 16.5. The number of rotatable bonds is 8. The fraction of sp³-hybridized carbons (Fsp3) is 0.217. The van der Waals surface area contributed by atoms with E-state index in [1.807, 2.05) is 66.7 Å². The molecule has 0 aliphatic heterocycles. The third-order valence-corrected chi connectivity index (χ3v) is 4.45. The minimum atomic E-state index is 0.0576. The molecular formula is C23H25NO2. The molecule has 3 aromatic rings. The van der Waals surface area contributed by atoms with E-state index in [0.717, 1.165) is 30.2 Å². The van der Waals surface area contributed by atoms with Crippen molar-refractivity contribution in [1.29, 1.82) is 0 Å². The van der Waals surface area contributed by atoms with Gasteiger partial charge in [-0.1, -0.05) is 61.5 Å². The van der Waals surface area contributed by atoms with Gasteiger partial charge in [-0.2, -0.15) is 0 Å². The average Bonchev–Trinajstić information content (AvgIpc) is 2.70. The van der Waals surface area contributed by atoms with Crippen LogP contribution in [0.4, 0.5) is 5.69 Å². The van der Waals surface area contributed by atoms with Crippen molar-refractivity contribution in [3.63, 3.8) is 0 Å². The Morgan fingerprint density at radius 2 is 1.50 bits per heavy atom. The summed E-state index contributed by atoms with van der Waals surface area (Å²) in [5.74, 6) is 1.60. The molecule has 3 aromatic carbocycles. The van der Waals surface area contributed by atoms with Crippen LogP contribution in [0.25, 0.3) is 0 Å². The smallest absolute Gasteiger partial charge is 0.129 e. The Morgan fingerprint density at radius 3 is 2.15 bits per heavy atom. The zero-order chi connectivity index (χ0) is 18.2. The van der Waals surface area contributed by atoms with Gasteiger partial charge in [-0.05, 0) is 36.2 Å². The van der Waals surface area contributed by atoms with E-state index in [0.29, 0.717) is 0 Å². The summed E-state index contributed by atoms with van der Waals surface area (Å²) in [5, 5.41) is 9.87. The average molecular weight is 347 g/mol. The van der Waals surface area contributed by atoms with E-state index in [1.165, 1.54) is 5.56 Å². The number of benzene rings is 3. The zero-order valence-electron chi connectivity index (χ0n) is 15.1. The molecule has 26 heavy (non-hydrogen) atoms. The minimum Gasteiger partial charge on any atom is -0.457 e. The Labute approximate surface area is 155 Å². The van der Waals surface area contributed by atoms with E-state index in [9.17, 15) is 5.11 Å². The second kappa shape index (κ2) is 9.07. The van der Waals surface area contributed by atoms with Crippen LogP contribution in [0.1, 0.15) is 18.9 Å². The highest BCUT2D eigenvalue weighted by molar-refractivity contribution is 5.53. The molecule has 0 aliphatic rings. The van der Waals surface area contributed by atoms with Gasteiger partial charge in [0, 0.05) is 18.3 Å². The van der Waals surface area contributed by atoms with Crippen LogP contribution in [-0.4, -0.2) is 17.8 Å². The number of para-hydroxylation sites is 1. The molecule has 1 atom stereocenters. The van der Waals surface area contributed by atoms with Gasteiger partial charge in [0.15, 0.2) is 0 Å². The van der Waals surface area contributed by atoms with E-state index >= 15 is 0 Å².